The van der Waals surface area contributed by atoms with Crippen LogP contribution in [-0.4, -0.2) is 580 Å². The fourth-order valence-electron chi connectivity index (χ4n) is 20.4. The molecule has 0 spiro atoms. The minimum Gasteiger partial charge on any atom is -0.480 e. The number of carbonyl (C=O) groups is 7. The first-order chi connectivity index (χ1) is 68.4. The van der Waals surface area contributed by atoms with Crippen LogP contribution in [0.15, 0.2) is 0 Å². The van der Waals surface area contributed by atoms with Crippen LogP contribution in [-0.2, 0) is 33.6 Å². The second-order valence-corrected chi connectivity index (χ2v) is 47.8. The Bertz CT molecular complexity index is 3310. The van der Waals surface area contributed by atoms with Crippen LogP contribution in [0.3, 0.4) is 0 Å². The zero-order valence-electron chi connectivity index (χ0n) is 94.4. The summed E-state index contributed by atoms with van der Waals surface area (Å²) in [6.07, 6.45) is 13.7. The third kappa shape index (κ3) is 71.4. The molecule has 0 aliphatic carbocycles. The van der Waals surface area contributed by atoms with Gasteiger partial charge in [0.2, 0.25) is 0 Å². The molecule has 0 aromatic rings. The molecule has 9 rings (SSSR count). The monoisotopic (exact) mass is 2050 g/mol. The molecule has 0 saturated carbocycles. The van der Waals surface area contributed by atoms with Crippen molar-refractivity contribution in [2.24, 2.45) is 27.1 Å². The van der Waals surface area contributed by atoms with E-state index in [1.807, 2.05) is 40.4 Å². The topological polar surface area (TPSA) is 380 Å². The predicted molar refractivity (Wildman–Crippen MR) is 587 cm³/mol. The molecule has 9 heterocycles. The number of carboxylic acid groups (broad SMARTS) is 6. The Hall–Kier alpha value is -4.47. The van der Waals surface area contributed by atoms with Crippen LogP contribution in [0.5, 0.6) is 0 Å². The van der Waals surface area contributed by atoms with Crippen molar-refractivity contribution in [2.45, 2.75) is 207 Å². The van der Waals surface area contributed by atoms with Gasteiger partial charge < -0.3 is 122 Å². The van der Waals surface area contributed by atoms with Crippen LogP contribution >= 0.6 is 0 Å². The maximum atomic E-state index is 12.4. The SMILES string of the molecule is CC(C)(C)C(=O)CCC(C(=O)O)N1CCCN2CCN(CCCN(CC(=O)O)CC2)CC1.CC(C)(C)CN1CCCN(CC(=O)O)CCN(CC(=O)O)CCCNCC1.CC(C)(C)CN1CCCN2CCN(CCCN(CC(=O)O)CC2)CC1.CC(C)(C)CN1CCCN2CCNCCCN(CC2)CC1.CC(C)(C)CN1CCCNCCNCCCNCC1.CCN1CCCNCCN(CC(=O)O)CCCNCC1. The Kier molecular flexibility index (Phi) is 69.7. The number of rotatable bonds is 20. The van der Waals surface area contributed by atoms with Gasteiger partial charge in [0.15, 0.2) is 0 Å². The molecule has 7 unspecified atom stereocenters. The molecule has 37 heteroatoms. The first-order valence-corrected chi connectivity index (χ1v) is 56.5. The molecule has 0 amide bonds. The second-order valence-electron chi connectivity index (χ2n) is 47.8. The molecule has 37 nitrogen and oxygen atoms in total. The Morgan fingerprint density at radius 2 is 0.438 bits per heavy atom. The first-order valence-electron chi connectivity index (χ1n) is 56.5. The molecule has 9 fully saturated rings. The van der Waals surface area contributed by atoms with Gasteiger partial charge in [-0.2, -0.15) is 0 Å². The fraction of sp³-hybridized carbons (Fsp3) is 0.935. The number of ketones is 1. The van der Waals surface area contributed by atoms with E-state index in [0.717, 1.165) is 300 Å². The predicted octanol–water partition coefficient (Wildman–Crippen LogP) is 4.46. The van der Waals surface area contributed by atoms with Crippen LogP contribution in [0.2, 0.25) is 0 Å². The fourth-order valence-corrected chi connectivity index (χ4v) is 20.4. The minimum absolute atomic E-state index is 0.000270. The van der Waals surface area contributed by atoms with Crippen LogP contribution < -0.4 is 37.2 Å². The van der Waals surface area contributed by atoms with Gasteiger partial charge in [0, 0.05) is 261 Å². The largest absolute Gasteiger partial charge is 0.480 e. The Morgan fingerprint density at radius 1 is 0.222 bits per heavy atom. The van der Waals surface area contributed by atoms with Crippen molar-refractivity contribution in [3.8, 4) is 0 Å². The summed E-state index contributed by atoms with van der Waals surface area (Å²) >= 11 is 0. The number of hydrogen-bond acceptors (Lipinski definition) is 31. The van der Waals surface area contributed by atoms with E-state index in [1.165, 1.54) is 124 Å². The Labute approximate surface area is 874 Å². The maximum absolute atomic E-state index is 12.4. The van der Waals surface area contributed by atoms with E-state index in [0.29, 0.717) is 61.9 Å². The highest BCUT2D eigenvalue weighted by atomic mass is 16.4. The van der Waals surface area contributed by atoms with Gasteiger partial charge in [0.1, 0.15) is 11.8 Å². The van der Waals surface area contributed by atoms with Crippen LogP contribution in [0, 0.1) is 27.1 Å². The molecule has 844 valence electrons. The lowest BCUT2D eigenvalue weighted by Gasteiger charge is -2.37. The summed E-state index contributed by atoms with van der Waals surface area (Å²) < 4.78 is 0. The van der Waals surface area contributed by atoms with E-state index < -0.39 is 47.3 Å². The average Bonchev–Trinajstić information content (AvgIpc) is 0.844. The number of nitrogens with zero attached hydrogens (tertiary/aromatic N) is 17. The zero-order chi connectivity index (χ0) is 106. The van der Waals surface area contributed by atoms with Gasteiger partial charge in [-0.15, -0.1) is 0 Å². The molecule has 9 saturated heterocycles. The lowest BCUT2D eigenvalue weighted by atomic mass is 9.87. The van der Waals surface area contributed by atoms with E-state index in [4.69, 9.17) is 15.3 Å². The third-order valence-corrected chi connectivity index (χ3v) is 27.8. The lowest BCUT2D eigenvalue weighted by molar-refractivity contribution is -0.144. The summed E-state index contributed by atoms with van der Waals surface area (Å²) in [6, 6.07) is -0.644. The molecule has 9 aliphatic rings. The minimum atomic E-state index is -0.849. The van der Waals surface area contributed by atoms with Gasteiger partial charge in [-0.25, -0.2) is 0 Å². The molecular formula is C107H218N24O13. The summed E-state index contributed by atoms with van der Waals surface area (Å²) in [4.78, 5) is 120. The Morgan fingerprint density at radius 3 is 0.757 bits per heavy atom. The van der Waals surface area contributed by atoms with Gasteiger partial charge >= 0.3 is 35.8 Å². The van der Waals surface area contributed by atoms with E-state index in [2.05, 4.69) is 191 Å². The molecule has 6 bridgehead atoms. The first kappa shape index (κ1) is 132. The quantitative estimate of drug-likeness (QED) is 0.0800. The zero-order valence-corrected chi connectivity index (χ0v) is 94.4. The van der Waals surface area contributed by atoms with Crippen molar-refractivity contribution in [3.05, 3.63) is 0 Å². The number of Topliss-reactive ketones (excluding diaryl/α,β-unsaturated/α-hetero) is 1. The standard InChI is InChI=1S/C23H42N4O5.C19H38N4O4.C19H38N4O2.C17H36N4.C15H34N4.C14H30N4O2/c1-23(2,3)20(28)7-6-19(22(31)32)27-11-5-9-24-12-13-25(16-17-27)8-4-10-26(15-14-24)18-21(29)30;1-19(2,3)16-23-10-5-9-22(15-18(26)27)13-12-21(14-17(24)25)8-4-6-20-7-11-23;1-19(2,3)17-23-9-5-7-20-10-11-21(13-15-23)6-4-8-22(14-12-20)16-18(24)25;1-17(2,3)16-21-10-5-9-19-11-7-18-6-4-8-20(13-12-19)14-15-21;1-15(2,3)14-19-12-5-8-17-10-9-16-6-4-7-18-11-13-19;1-2-17-9-3-5-16-8-12-18(13-14(19)20)10-4-6-15-7-11-17/h19H,4-18H2,1-3H3,(H,29,30)(H,31,32);20H,4-16H2,1-3H3,(H,24,25)(H,26,27);4-17H2,1-3H3,(H,24,25);18H,4-16H2,1-3H3;16-18H,4-14H2,1-3H3;15-16H,2-13H2,1H3,(H,19,20). The highest BCUT2D eigenvalue weighted by molar-refractivity contribution is 5.84. The van der Waals surface area contributed by atoms with Gasteiger partial charge in [-0.3, -0.25) is 63.0 Å². The van der Waals surface area contributed by atoms with Gasteiger partial charge in [0.05, 0.1) is 32.7 Å². The summed E-state index contributed by atoms with van der Waals surface area (Å²) in [5, 5.41) is 79.8. The molecule has 0 aromatic heterocycles. The van der Waals surface area contributed by atoms with Gasteiger partial charge in [-0.1, -0.05) is 111 Å². The van der Waals surface area contributed by atoms with Crippen molar-refractivity contribution in [2.75, 3.05) is 419 Å². The van der Waals surface area contributed by atoms with E-state index in [1.54, 1.807) is 0 Å². The molecule has 7 atom stereocenters. The average molecular weight is 2050 g/mol. The van der Waals surface area contributed by atoms with Crippen LogP contribution in [0.4, 0.5) is 0 Å². The molecule has 0 radical (unpaired) electrons. The van der Waals surface area contributed by atoms with E-state index >= 15 is 0 Å². The number of carbonyl (C=O) groups excluding carboxylic acids is 1. The number of nitrogens with one attached hydrogen (secondary N) is 7. The van der Waals surface area contributed by atoms with Crippen molar-refractivity contribution in [1.82, 2.24) is 121 Å². The number of aliphatic carboxylic acids is 6. The maximum Gasteiger partial charge on any atom is 0.320 e. The molecule has 144 heavy (non-hydrogen) atoms. The van der Waals surface area contributed by atoms with Crippen LogP contribution in [0.1, 0.15) is 201 Å². The highest BCUT2D eigenvalue weighted by Crippen LogP contribution is 2.24. The Balaban J connectivity index is 0.000000363. The van der Waals surface area contributed by atoms with Crippen LogP contribution in [0.25, 0.3) is 0 Å². The van der Waals surface area contributed by atoms with Crippen molar-refractivity contribution >= 4 is 41.6 Å². The number of carboxylic acids is 6. The van der Waals surface area contributed by atoms with Gasteiger partial charge in [0.25, 0.3) is 0 Å². The summed E-state index contributed by atoms with van der Waals surface area (Å²) in [5.74, 6) is -4.66. The van der Waals surface area contributed by atoms with Crippen molar-refractivity contribution < 1.29 is 64.2 Å². The van der Waals surface area contributed by atoms with E-state index in [9.17, 15) is 48.9 Å². The number of likely N-dealkylation sites (N-methyl/N-ethyl adjacent to an activating group) is 1. The highest BCUT2D eigenvalue weighted by Gasteiger charge is 2.33. The number of fused-ring (bicyclic) bond motifs is 9. The summed E-state index contributed by atoms with van der Waals surface area (Å²) in [6.45, 7) is 95.7. The van der Waals surface area contributed by atoms with Crippen molar-refractivity contribution in [1.29, 1.82) is 0 Å². The summed E-state index contributed by atoms with van der Waals surface area (Å²) in [5.41, 5.74) is 0.919. The normalized spacial score (nSPS) is 25.2. The third-order valence-electron chi connectivity index (χ3n) is 27.8. The smallest absolute Gasteiger partial charge is 0.320 e. The summed E-state index contributed by atoms with van der Waals surface area (Å²) in [7, 11) is 0. The van der Waals surface area contributed by atoms with E-state index in [-0.39, 0.29) is 50.3 Å². The molecule has 0 aromatic carbocycles. The second kappa shape index (κ2) is 76.1. The van der Waals surface area contributed by atoms with Crippen molar-refractivity contribution in [3.63, 3.8) is 0 Å². The number of hydrogen-bond donors (Lipinski definition) is 13. The van der Waals surface area contributed by atoms with Gasteiger partial charge in [-0.05, 0) is 243 Å². The lowest BCUT2D eigenvalue weighted by Crippen LogP contribution is -2.50. The molecular weight excluding hydrogens is 1830 g/mol. The molecule has 9 aliphatic heterocycles. The molecule has 13 N–H and O–H groups in total.